The van der Waals surface area contributed by atoms with Gasteiger partial charge in [0.25, 0.3) is 0 Å². The van der Waals surface area contributed by atoms with Crippen LogP contribution in [0.25, 0.3) is 0 Å². The average molecular weight is 353 g/mol. The molecule has 2 rings (SSSR count). The molecule has 2 aromatic rings. The third-order valence-electron chi connectivity index (χ3n) is 3.41. The molecule has 0 saturated carbocycles. The Morgan fingerprint density at radius 1 is 1.35 bits per heavy atom. The fourth-order valence-corrected chi connectivity index (χ4v) is 2.10. The van der Waals surface area contributed by atoms with E-state index in [0.29, 0.717) is 17.9 Å². The molecular formula is C18H19N5O3. The highest BCUT2D eigenvalue weighted by Gasteiger charge is 2.08. The summed E-state index contributed by atoms with van der Waals surface area (Å²) in [5.41, 5.74) is 4.84. The van der Waals surface area contributed by atoms with Gasteiger partial charge in [0, 0.05) is 18.7 Å². The minimum Gasteiger partial charge on any atom is -0.496 e. The van der Waals surface area contributed by atoms with Crippen LogP contribution in [-0.4, -0.2) is 24.0 Å². The van der Waals surface area contributed by atoms with E-state index in [0.717, 1.165) is 16.9 Å². The number of hydroxylamine groups is 1. The summed E-state index contributed by atoms with van der Waals surface area (Å²) in [6.45, 7) is 3.53. The van der Waals surface area contributed by atoms with E-state index in [-0.39, 0.29) is 5.96 Å². The zero-order chi connectivity index (χ0) is 18.9. The number of rotatable bonds is 4. The van der Waals surface area contributed by atoms with Crippen molar-refractivity contribution in [2.24, 2.45) is 4.99 Å². The largest absolute Gasteiger partial charge is 0.496 e. The predicted molar refractivity (Wildman–Crippen MR) is 96.3 cm³/mol. The van der Waals surface area contributed by atoms with Gasteiger partial charge in [0.05, 0.1) is 19.2 Å². The van der Waals surface area contributed by atoms with Gasteiger partial charge < -0.3 is 14.9 Å². The summed E-state index contributed by atoms with van der Waals surface area (Å²) in [5, 5.41) is 11.7. The van der Waals surface area contributed by atoms with Crippen LogP contribution in [0.1, 0.15) is 23.6 Å². The van der Waals surface area contributed by atoms with Gasteiger partial charge in [-0.1, -0.05) is 12.1 Å². The number of aryl methyl sites for hydroxylation is 1. The fourth-order valence-electron chi connectivity index (χ4n) is 2.10. The highest BCUT2D eigenvalue weighted by Crippen LogP contribution is 2.22. The second-order valence-electron chi connectivity index (χ2n) is 5.29. The van der Waals surface area contributed by atoms with Crippen LogP contribution >= 0.6 is 0 Å². The Morgan fingerprint density at radius 2 is 2.15 bits per heavy atom. The van der Waals surface area contributed by atoms with E-state index in [1.54, 1.807) is 19.2 Å². The molecule has 0 radical (unpaired) electrons. The molecule has 0 atom stereocenters. The van der Waals surface area contributed by atoms with Gasteiger partial charge in [-0.2, -0.15) is 10.7 Å². The Bertz CT molecular complexity index is 841. The molecule has 8 heteroatoms. The maximum atomic E-state index is 11.1. The van der Waals surface area contributed by atoms with Crippen molar-refractivity contribution in [3.05, 3.63) is 53.2 Å². The molecule has 1 aromatic heterocycles. The van der Waals surface area contributed by atoms with Gasteiger partial charge in [0.15, 0.2) is 0 Å². The number of nitrogens with one attached hydrogen (secondary N) is 2. The maximum Gasteiger partial charge on any atom is 0.329 e. The molecule has 2 N–H and O–H groups in total. The van der Waals surface area contributed by atoms with Crippen LogP contribution in [0.15, 0.2) is 41.5 Å². The minimum atomic E-state index is -0.513. The number of methoxy groups -OCH3 is 1. The molecule has 8 nitrogen and oxygen atoms in total. The third kappa shape index (κ3) is 5.21. The Morgan fingerprint density at radius 3 is 2.77 bits per heavy atom. The molecule has 0 fully saturated rings. The van der Waals surface area contributed by atoms with E-state index in [2.05, 4.69) is 20.8 Å². The molecule has 0 aliphatic heterocycles. The van der Waals surface area contributed by atoms with Gasteiger partial charge in [0.1, 0.15) is 17.6 Å². The highest BCUT2D eigenvalue weighted by molar-refractivity contribution is 5.92. The van der Waals surface area contributed by atoms with E-state index in [4.69, 9.17) is 14.8 Å². The summed E-state index contributed by atoms with van der Waals surface area (Å²) < 4.78 is 5.36. The molecule has 1 heterocycles. The summed E-state index contributed by atoms with van der Waals surface area (Å²) in [7, 11) is 1.60. The van der Waals surface area contributed by atoms with Crippen LogP contribution in [0, 0.1) is 18.3 Å². The molecule has 1 aromatic carbocycles. The number of hydrogen-bond donors (Lipinski definition) is 2. The molecule has 0 amide bonds. The molecular weight excluding hydrogens is 334 g/mol. The number of anilines is 1. The molecule has 0 unspecified atom stereocenters. The highest BCUT2D eigenvalue weighted by atomic mass is 16.7. The Labute approximate surface area is 151 Å². The number of hydrogen-bond acceptors (Lipinski definition) is 6. The summed E-state index contributed by atoms with van der Waals surface area (Å²) in [6.07, 6.45) is 1.43. The van der Waals surface area contributed by atoms with E-state index in [1.807, 2.05) is 31.2 Å². The number of pyridine rings is 1. The number of nitriles is 1. The SMILES string of the molecule is COc1cccc(C)c1CN=C(NOC(C)=O)Nc1ccc(C#N)cn1. The first kappa shape index (κ1) is 18.7. The van der Waals surface area contributed by atoms with Crippen LogP contribution < -0.4 is 15.5 Å². The van der Waals surface area contributed by atoms with E-state index in [1.165, 1.54) is 13.1 Å². The number of nitrogens with zero attached hydrogens (tertiary/aromatic N) is 3. The van der Waals surface area contributed by atoms with Crippen molar-refractivity contribution in [1.29, 1.82) is 5.26 Å². The summed E-state index contributed by atoms with van der Waals surface area (Å²) in [4.78, 5) is 24.4. The fraction of sp³-hybridized carbons (Fsp3) is 0.222. The molecule has 0 aliphatic rings. The Hall–Kier alpha value is -3.60. The van der Waals surface area contributed by atoms with Crippen molar-refractivity contribution in [2.75, 3.05) is 12.4 Å². The minimum absolute atomic E-state index is 0.197. The molecule has 0 aliphatic carbocycles. The normalized spacial score (nSPS) is 10.6. The lowest BCUT2D eigenvalue weighted by atomic mass is 10.1. The van der Waals surface area contributed by atoms with Crippen molar-refractivity contribution in [2.45, 2.75) is 20.4 Å². The molecule has 134 valence electrons. The topological polar surface area (TPSA) is 109 Å². The number of ether oxygens (including phenoxy) is 1. The van der Waals surface area contributed by atoms with Gasteiger partial charge in [0.2, 0.25) is 5.96 Å². The van der Waals surface area contributed by atoms with Crippen molar-refractivity contribution < 1.29 is 14.4 Å². The second kappa shape index (κ2) is 9.03. The number of aliphatic imine (C=N–C) groups is 1. The first-order valence-electron chi connectivity index (χ1n) is 7.77. The number of carbonyl (C=O) groups is 1. The smallest absolute Gasteiger partial charge is 0.329 e. The van der Waals surface area contributed by atoms with Gasteiger partial charge in [-0.05, 0) is 30.7 Å². The van der Waals surface area contributed by atoms with Crippen LogP contribution in [-0.2, 0) is 16.2 Å². The van der Waals surface area contributed by atoms with Crippen molar-refractivity contribution in [3.63, 3.8) is 0 Å². The lowest BCUT2D eigenvalue weighted by Crippen LogP contribution is -2.32. The molecule has 26 heavy (non-hydrogen) atoms. The summed E-state index contributed by atoms with van der Waals surface area (Å²) in [6, 6.07) is 10.9. The summed E-state index contributed by atoms with van der Waals surface area (Å²) >= 11 is 0. The van der Waals surface area contributed by atoms with Crippen LogP contribution in [0.2, 0.25) is 0 Å². The van der Waals surface area contributed by atoms with Crippen LogP contribution in [0.4, 0.5) is 5.82 Å². The van der Waals surface area contributed by atoms with E-state index in [9.17, 15) is 4.79 Å². The number of guanidine groups is 1. The van der Waals surface area contributed by atoms with E-state index < -0.39 is 5.97 Å². The van der Waals surface area contributed by atoms with Gasteiger partial charge in [-0.15, -0.1) is 0 Å². The second-order valence-corrected chi connectivity index (χ2v) is 5.29. The zero-order valence-corrected chi connectivity index (χ0v) is 14.7. The van der Waals surface area contributed by atoms with Crippen molar-refractivity contribution >= 4 is 17.7 Å². The Balaban J connectivity index is 2.21. The number of aromatic nitrogens is 1. The van der Waals surface area contributed by atoms with Gasteiger partial charge in [-0.25, -0.2) is 9.98 Å². The number of carbonyl (C=O) groups excluding carboxylic acids is 1. The van der Waals surface area contributed by atoms with Gasteiger partial charge in [-0.3, -0.25) is 4.79 Å². The van der Waals surface area contributed by atoms with Crippen molar-refractivity contribution in [1.82, 2.24) is 10.5 Å². The molecule has 0 spiro atoms. The maximum absolute atomic E-state index is 11.1. The first-order valence-corrected chi connectivity index (χ1v) is 7.77. The van der Waals surface area contributed by atoms with E-state index >= 15 is 0 Å². The average Bonchev–Trinajstić information content (AvgIpc) is 2.65. The molecule has 0 saturated heterocycles. The molecule has 0 bridgehead atoms. The van der Waals surface area contributed by atoms with Gasteiger partial charge >= 0.3 is 5.97 Å². The quantitative estimate of drug-likeness (QED) is 0.493. The standard InChI is InChI=1S/C18H19N5O3/c1-12-5-4-6-16(25-3)15(12)11-21-18(23-26-13(2)24)22-17-8-7-14(9-19)10-20-17/h4-8,10H,11H2,1-3H3,(H2,20,21,22,23). The van der Waals surface area contributed by atoms with Crippen LogP contribution in [0.5, 0.6) is 5.75 Å². The number of benzene rings is 1. The summed E-state index contributed by atoms with van der Waals surface area (Å²) in [5.74, 6) is 0.847. The van der Waals surface area contributed by atoms with Crippen molar-refractivity contribution in [3.8, 4) is 11.8 Å². The lowest BCUT2D eigenvalue weighted by Gasteiger charge is -2.13. The van der Waals surface area contributed by atoms with Crippen LogP contribution in [0.3, 0.4) is 0 Å². The first-order chi connectivity index (χ1) is 12.5. The lowest BCUT2D eigenvalue weighted by molar-refractivity contribution is -0.145. The predicted octanol–water partition coefficient (Wildman–Crippen LogP) is 2.31. The Kier molecular flexibility index (Phi) is 6.51. The third-order valence-corrected chi connectivity index (χ3v) is 3.41. The zero-order valence-electron chi connectivity index (χ0n) is 14.7. The monoisotopic (exact) mass is 353 g/mol.